The predicted octanol–water partition coefficient (Wildman–Crippen LogP) is 6.27. The molecule has 2 heterocycles. The van der Waals surface area contributed by atoms with Gasteiger partial charge < -0.3 is 21.3 Å². The van der Waals surface area contributed by atoms with Crippen LogP contribution in [-0.4, -0.2) is 60.1 Å². The number of piperidine rings is 2. The number of benzene rings is 2. The Morgan fingerprint density at radius 3 is 1.05 bits per heavy atom. The van der Waals surface area contributed by atoms with Gasteiger partial charge in [0, 0.05) is 24.2 Å². The van der Waals surface area contributed by atoms with Crippen LogP contribution in [-0.2, 0) is 0 Å². The quantitative estimate of drug-likeness (QED) is 0.503. The molecule has 0 amide bonds. The molecule has 0 unspecified atom stereocenters. The lowest BCUT2D eigenvalue weighted by Gasteiger charge is -2.40. The van der Waals surface area contributed by atoms with Gasteiger partial charge in [-0.15, -0.1) is 0 Å². The lowest BCUT2D eigenvalue weighted by atomic mass is 9.86. The molecule has 2 saturated heterocycles. The average Bonchev–Trinajstić information content (AvgIpc) is 2.99. The molecular formula is C34H52N4. The van der Waals surface area contributed by atoms with E-state index < -0.39 is 0 Å². The van der Waals surface area contributed by atoms with Crippen LogP contribution in [0.3, 0.4) is 0 Å². The second-order valence-electron chi connectivity index (χ2n) is 12.6. The second kappa shape index (κ2) is 14.1. The van der Waals surface area contributed by atoms with Crippen LogP contribution in [0.5, 0.6) is 0 Å². The van der Waals surface area contributed by atoms with Crippen molar-refractivity contribution in [3.8, 4) is 0 Å². The van der Waals surface area contributed by atoms with E-state index >= 15 is 0 Å². The molecule has 4 aliphatic rings. The van der Waals surface area contributed by atoms with Gasteiger partial charge in [-0.25, -0.2) is 0 Å². The molecule has 0 radical (unpaired) electrons. The Balaban J connectivity index is 0.000000155. The van der Waals surface area contributed by atoms with Crippen LogP contribution in [0.4, 0.5) is 0 Å². The van der Waals surface area contributed by atoms with Crippen molar-refractivity contribution in [3.05, 3.63) is 71.8 Å². The fraction of sp³-hybridized carbons (Fsp3) is 0.647. The molecule has 4 N–H and O–H groups in total. The molecule has 2 aliphatic carbocycles. The smallest absolute Gasteiger partial charge is 0.00964 e. The molecule has 208 valence electrons. The normalized spacial score (nSPS) is 30.4. The molecule has 0 spiro atoms. The summed E-state index contributed by atoms with van der Waals surface area (Å²) >= 11 is 0. The molecule has 2 aromatic rings. The highest BCUT2D eigenvalue weighted by Gasteiger charge is 2.29. The molecule has 2 aliphatic heterocycles. The van der Waals surface area contributed by atoms with E-state index in [4.69, 9.17) is 11.5 Å². The summed E-state index contributed by atoms with van der Waals surface area (Å²) in [6, 6.07) is 24.7. The third kappa shape index (κ3) is 7.69. The Morgan fingerprint density at radius 2 is 0.737 bits per heavy atom. The molecule has 4 nitrogen and oxygen atoms in total. The van der Waals surface area contributed by atoms with E-state index in [1.54, 1.807) is 0 Å². The maximum absolute atomic E-state index is 6.01. The van der Waals surface area contributed by atoms with Crippen molar-refractivity contribution in [2.45, 2.75) is 113 Å². The van der Waals surface area contributed by atoms with Crippen LogP contribution in [0, 0.1) is 0 Å². The highest BCUT2D eigenvalue weighted by molar-refractivity contribution is 5.21. The zero-order chi connectivity index (χ0) is 26.2. The van der Waals surface area contributed by atoms with Gasteiger partial charge in [0.2, 0.25) is 0 Å². The molecule has 6 rings (SSSR count). The van der Waals surface area contributed by atoms with E-state index in [1.165, 1.54) is 114 Å². The molecule has 2 saturated carbocycles. The van der Waals surface area contributed by atoms with Crippen molar-refractivity contribution >= 4 is 0 Å². The zero-order valence-electron chi connectivity index (χ0n) is 23.6. The second-order valence-corrected chi connectivity index (χ2v) is 12.6. The summed E-state index contributed by atoms with van der Waals surface area (Å²) in [4.78, 5) is 5.46. The van der Waals surface area contributed by atoms with E-state index in [-0.39, 0.29) is 0 Å². The zero-order valence-corrected chi connectivity index (χ0v) is 23.6. The van der Waals surface area contributed by atoms with Gasteiger partial charge in [-0.1, -0.05) is 60.7 Å². The molecule has 0 atom stereocenters. The van der Waals surface area contributed by atoms with Crippen molar-refractivity contribution in [2.75, 3.05) is 26.2 Å². The summed E-state index contributed by atoms with van der Waals surface area (Å²) in [5, 5.41) is 0. The van der Waals surface area contributed by atoms with Gasteiger partial charge in [0.15, 0.2) is 0 Å². The lowest BCUT2D eigenvalue weighted by Crippen LogP contribution is -2.44. The Morgan fingerprint density at radius 1 is 0.421 bits per heavy atom. The molecule has 0 aromatic heterocycles. The van der Waals surface area contributed by atoms with Gasteiger partial charge >= 0.3 is 0 Å². The predicted molar refractivity (Wildman–Crippen MR) is 160 cm³/mol. The maximum Gasteiger partial charge on any atom is 0.00964 e. The number of nitrogens with zero attached hydrogens (tertiary/aromatic N) is 2. The Hall–Kier alpha value is -1.72. The van der Waals surface area contributed by atoms with E-state index in [0.29, 0.717) is 12.1 Å². The van der Waals surface area contributed by atoms with E-state index in [0.717, 1.165) is 23.9 Å². The first kappa shape index (κ1) is 27.8. The molecule has 0 bridgehead atoms. The minimum Gasteiger partial charge on any atom is -0.328 e. The molecule has 4 fully saturated rings. The summed E-state index contributed by atoms with van der Waals surface area (Å²) in [5.74, 6) is 1.56. The van der Waals surface area contributed by atoms with Crippen molar-refractivity contribution in [2.24, 2.45) is 11.5 Å². The fourth-order valence-corrected chi connectivity index (χ4v) is 7.58. The highest BCUT2D eigenvalue weighted by atomic mass is 15.2. The molecular weight excluding hydrogens is 464 g/mol. The van der Waals surface area contributed by atoms with Gasteiger partial charge in [0.25, 0.3) is 0 Å². The van der Waals surface area contributed by atoms with Crippen LogP contribution in [0.15, 0.2) is 60.7 Å². The minimum absolute atomic E-state index is 0.470. The lowest BCUT2D eigenvalue weighted by molar-refractivity contribution is 0.117. The van der Waals surface area contributed by atoms with Crippen LogP contribution in [0.1, 0.15) is 100 Å². The fourth-order valence-electron chi connectivity index (χ4n) is 7.58. The van der Waals surface area contributed by atoms with Gasteiger partial charge in [-0.05, 0) is 126 Å². The Bertz CT molecular complexity index is 825. The Kier molecular flexibility index (Phi) is 10.3. The van der Waals surface area contributed by atoms with Crippen molar-refractivity contribution in [1.82, 2.24) is 9.80 Å². The SMILES string of the molecule is NC1CCC(N2CCC(c3ccccc3)CC2)CC1.NC1CCC(N2CCC(c3ccccc3)CC2)CC1. The average molecular weight is 517 g/mol. The summed E-state index contributed by atoms with van der Waals surface area (Å²) < 4.78 is 0. The first-order chi connectivity index (χ1) is 18.7. The van der Waals surface area contributed by atoms with Gasteiger partial charge in [0.05, 0.1) is 0 Å². The summed E-state index contributed by atoms with van der Waals surface area (Å²) in [5.41, 5.74) is 15.1. The third-order valence-electron chi connectivity index (χ3n) is 10.1. The first-order valence-electron chi connectivity index (χ1n) is 15.7. The van der Waals surface area contributed by atoms with Crippen molar-refractivity contribution in [1.29, 1.82) is 0 Å². The summed E-state index contributed by atoms with van der Waals surface area (Å²) in [7, 11) is 0. The van der Waals surface area contributed by atoms with Gasteiger partial charge in [0.1, 0.15) is 0 Å². The third-order valence-corrected chi connectivity index (χ3v) is 10.1. The maximum atomic E-state index is 6.01. The standard InChI is InChI=1S/2C17H26N2/c2*18-16-6-8-17(9-7-16)19-12-10-15(11-13-19)14-4-2-1-3-5-14/h2*1-5,15-17H,6-13,18H2. The van der Waals surface area contributed by atoms with Gasteiger partial charge in [-0.3, -0.25) is 0 Å². The molecule has 4 heteroatoms. The van der Waals surface area contributed by atoms with Crippen LogP contribution >= 0.6 is 0 Å². The number of nitrogens with two attached hydrogens (primary N) is 2. The Labute approximate surface area is 232 Å². The largest absolute Gasteiger partial charge is 0.328 e. The van der Waals surface area contributed by atoms with E-state index in [9.17, 15) is 0 Å². The van der Waals surface area contributed by atoms with E-state index in [1.807, 2.05) is 0 Å². The first-order valence-corrected chi connectivity index (χ1v) is 15.7. The van der Waals surface area contributed by atoms with Crippen molar-refractivity contribution < 1.29 is 0 Å². The van der Waals surface area contributed by atoms with Crippen LogP contribution < -0.4 is 11.5 Å². The number of rotatable bonds is 4. The van der Waals surface area contributed by atoms with Gasteiger partial charge in [-0.2, -0.15) is 0 Å². The van der Waals surface area contributed by atoms with E-state index in [2.05, 4.69) is 70.5 Å². The van der Waals surface area contributed by atoms with Crippen molar-refractivity contribution in [3.63, 3.8) is 0 Å². The summed E-state index contributed by atoms with van der Waals surface area (Å²) in [6.45, 7) is 5.11. The number of likely N-dealkylation sites (tertiary alicyclic amines) is 2. The molecule has 2 aromatic carbocycles. The molecule has 38 heavy (non-hydrogen) atoms. The topological polar surface area (TPSA) is 58.5 Å². The number of hydrogen-bond acceptors (Lipinski definition) is 4. The number of hydrogen-bond donors (Lipinski definition) is 2. The van der Waals surface area contributed by atoms with Crippen LogP contribution in [0.25, 0.3) is 0 Å². The highest BCUT2D eigenvalue weighted by Crippen LogP contribution is 2.33. The monoisotopic (exact) mass is 516 g/mol. The summed E-state index contributed by atoms with van der Waals surface area (Å²) in [6.07, 6.45) is 15.5. The van der Waals surface area contributed by atoms with Crippen LogP contribution in [0.2, 0.25) is 0 Å². The minimum atomic E-state index is 0.470.